The van der Waals surface area contributed by atoms with Crippen molar-refractivity contribution < 1.29 is 0 Å². The van der Waals surface area contributed by atoms with E-state index >= 15 is 0 Å². The zero-order valence-electron chi connectivity index (χ0n) is 8.92. The van der Waals surface area contributed by atoms with Crippen LogP contribution in [-0.4, -0.2) is 11.0 Å². The van der Waals surface area contributed by atoms with Crippen molar-refractivity contribution in [3.05, 3.63) is 29.0 Å². The minimum Gasteiger partial charge on any atom is -0.327 e. The van der Waals surface area contributed by atoms with Gasteiger partial charge >= 0.3 is 0 Å². The van der Waals surface area contributed by atoms with Crippen LogP contribution in [0.25, 0.3) is 0 Å². The summed E-state index contributed by atoms with van der Waals surface area (Å²) in [6, 6.07) is 3.89. The molecule has 14 heavy (non-hydrogen) atoms. The SMILES string of the molecule is CC(C)(C)C(N)Cc1ccc(Cl)cn1. The molecule has 0 bridgehead atoms. The zero-order chi connectivity index (χ0) is 10.8. The largest absolute Gasteiger partial charge is 0.327 e. The minimum absolute atomic E-state index is 0.112. The van der Waals surface area contributed by atoms with Gasteiger partial charge in [0.2, 0.25) is 0 Å². The van der Waals surface area contributed by atoms with E-state index in [1.807, 2.05) is 12.1 Å². The Kier molecular flexibility index (Phi) is 3.51. The van der Waals surface area contributed by atoms with E-state index in [0.29, 0.717) is 5.02 Å². The van der Waals surface area contributed by atoms with E-state index in [4.69, 9.17) is 17.3 Å². The van der Waals surface area contributed by atoms with E-state index in [2.05, 4.69) is 25.8 Å². The fourth-order valence-electron chi connectivity index (χ4n) is 1.06. The summed E-state index contributed by atoms with van der Waals surface area (Å²) in [5, 5.41) is 0.665. The van der Waals surface area contributed by atoms with Crippen molar-refractivity contribution in [3.63, 3.8) is 0 Å². The van der Waals surface area contributed by atoms with E-state index in [-0.39, 0.29) is 11.5 Å². The van der Waals surface area contributed by atoms with E-state index in [1.54, 1.807) is 6.20 Å². The van der Waals surface area contributed by atoms with Crippen LogP contribution in [0.4, 0.5) is 0 Å². The Balaban J connectivity index is 2.65. The first kappa shape index (κ1) is 11.5. The summed E-state index contributed by atoms with van der Waals surface area (Å²) >= 11 is 5.74. The molecule has 0 aromatic carbocycles. The maximum Gasteiger partial charge on any atom is 0.0589 e. The Bertz CT molecular complexity index is 287. The summed E-state index contributed by atoms with van der Waals surface area (Å²) in [5.41, 5.74) is 7.16. The van der Waals surface area contributed by atoms with Crippen molar-refractivity contribution in [2.75, 3.05) is 0 Å². The fourth-order valence-corrected chi connectivity index (χ4v) is 1.17. The first-order chi connectivity index (χ1) is 6.39. The molecule has 1 atom stereocenters. The van der Waals surface area contributed by atoms with Crippen molar-refractivity contribution in [1.82, 2.24) is 4.98 Å². The Hall–Kier alpha value is -0.600. The topological polar surface area (TPSA) is 38.9 Å². The molecule has 1 rings (SSSR count). The van der Waals surface area contributed by atoms with Crippen molar-refractivity contribution in [3.8, 4) is 0 Å². The average Bonchev–Trinajstić information content (AvgIpc) is 2.07. The van der Waals surface area contributed by atoms with Crippen molar-refractivity contribution >= 4 is 11.6 Å². The van der Waals surface area contributed by atoms with Crippen LogP contribution < -0.4 is 5.73 Å². The molecule has 78 valence electrons. The van der Waals surface area contributed by atoms with Gasteiger partial charge in [-0.15, -0.1) is 0 Å². The molecule has 1 heterocycles. The standard InChI is InChI=1S/C11H17ClN2/c1-11(2,3)10(13)6-9-5-4-8(12)7-14-9/h4-5,7,10H,6,13H2,1-3H3. The normalized spacial score (nSPS) is 14.1. The lowest BCUT2D eigenvalue weighted by Gasteiger charge is -2.26. The number of hydrogen-bond donors (Lipinski definition) is 1. The van der Waals surface area contributed by atoms with Gasteiger partial charge in [-0.1, -0.05) is 32.4 Å². The van der Waals surface area contributed by atoms with Gasteiger partial charge in [0.05, 0.1) is 5.02 Å². The van der Waals surface area contributed by atoms with Gasteiger partial charge in [0.15, 0.2) is 0 Å². The summed E-state index contributed by atoms with van der Waals surface area (Å²) in [7, 11) is 0. The highest BCUT2D eigenvalue weighted by Crippen LogP contribution is 2.20. The second kappa shape index (κ2) is 4.28. The van der Waals surface area contributed by atoms with Crippen molar-refractivity contribution in [2.24, 2.45) is 11.1 Å². The number of pyridine rings is 1. The lowest BCUT2D eigenvalue weighted by molar-refractivity contribution is 0.317. The van der Waals surface area contributed by atoms with Crippen molar-refractivity contribution in [2.45, 2.75) is 33.2 Å². The third-order valence-corrected chi connectivity index (χ3v) is 2.55. The van der Waals surface area contributed by atoms with Crippen LogP contribution in [-0.2, 0) is 6.42 Å². The first-order valence-electron chi connectivity index (χ1n) is 4.75. The molecule has 0 aliphatic carbocycles. The van der Waals surface area contributed by atoms with E-state index < -0.39 is 0 Å². The van der Waals surface area contributed by atoms with Gasteiger partial charge in [-0.3, -0.25) is 4.98 Å². The molecule has 0 aliphatic rings. The Labute approximate surface area is 90.5 Å². The summed E-state index contributed by atoms with van der Waals surface area (Å²) in [4.78, 5) is 4.22. The van der Waals surface area contributed by atoms with Gasteiger partial charge in [0.1, 0.15) is 0 Å². The van der Waals surface area contributed by atoms with Crippen LogP contribution in [0.5, 0.6) is 0 Å². The van der Waals surface area contributed by atoms with Crippen LogP contribution in [0, 0.1) is 5.41 Å². The summed E-state index contributed by atoms with van der Waals surface area (Å²) in [5.74, 6) is 0. The molecular weight excluding hydrogens is 196 g/mol. The van der Waals surface area contributed by atoms with Crippen LogP contribution in [0.1, 0.15) is 26.5 Å². The molecule has 2 N–H and O–H groups in total. The van der Waals surface area contributed by atoms with Crippen molar-refractivity contribution in [1.29, 1.82) is 0 Å². The first-order valence-corrected chi connectivity index (χ1v) is 5.13. The quantitative estimate of drug-likeness (QED) is 0.819. The lowest BCUT2D eigenvalue weighted by atomic mass is 9.85. The third-order valence-electron chi connectivity index (χ3n) is 2.33. The third kappa shape index (κ3) is 3.28. The Morgan fingerprint density at radius 3 is 2.50 bits per heavy atom. The molecule has 0 saturated carbocycles. The number of nitrogens with two attached hydrogens (primary N) is 1. The van der Waals surface area contributed by atoms with E-state index in [0.717, 1.165) is 12.1 Å². The van der Waals surface area contributed by atoms with Gasteiger partial charge < -0.3 is 5.73 Å². The monoisotopic (exact) mass is 212 g/mol. The average molecular weight is 213 g/mol. The highest BCUT2D eigenvalue weighted by atomic mass is 35.5. The molecular formula is C11H17ClN2. The Morgan fingerprint density at radius 2 is 2.07 bits per heavy atom. The predicted octanol–water partition coefficient (Wildman–Crippen LogP) is 2.65. The molecule has 0 spiro atoms. The molecule has 1 unspecified atom stereocenters. The number of rotatable bonds is 2. The van der Waals surface area contributed by atoms with Gasteiger partial charge in [0, 0.05) is 24.4 Å². The molecule has 0 saturated heterocycles. The lowest BCUT2D eigenvalue weighted by Crippen LogP contribution is -2.37. The maximum absolute atomic E-state index is 6.05. The van der Waals surface area contributed by atoms with Gasteiger partial charge in [-0.25, -0.2) is 0 Å². The number of hydrogen-bond acceptors (Lipinski definition) is 2. The van der Waals surface area contributed by atoms with Crippen LogP contribution in [0.15, 0.2) is 18.3 Å². The van der Waals surface area contributed by atoms with Gasteiger partial charge in [0.25, 0.3) is 0 Å². The van der Waals surface area contributed by atoms with Crippen LogP contribution >= 0.6 is 11.6 Å². The molecule has 0 aliphatic heterocycles. The maximum atomic E-state index is 6.05. The molecule has 0 fully saturated rings. The molecule has 0 radical (unpaired) electrons. The summed E-state index contributed by atoms with van der Waals surface area (Å²) < 4.78 is 0. The fraction of sp³-hybridized carbons (Fsp3) is 0.545. The van der Waals surface area contributed by atoms with Crippen LogP contribution in [0.2, 0.25) is 5.02 Å². The van der Waals surface area contributed by atoms with Gasteiger partial charge in [-0.2, -0.15) is 0 Å². The highest BCUT2D eigenvalue weighted by Gasteiger charge is 2.20. The second-order valence-corrected chi connectivity index (χ2v) is 5.08. The molecule has 2 nitrogen and oxygen atoms in total. The molecule has 3 heteroatoms. The predicted molar refractivity (Wildman–Crippen MR) is 60.4 cm³/mol. The molecule has 1 aromatic heterocycles. The van der Waals surface area contributed by atoms with Crippen LogP contribution in [0.3, 0.4) is 0 Å². The second-order valence-electron chi connectivity index (χ2n) is 4.64. The highest BCUT2D eigenvalue weighted by molar-refractivity contribution is 6.30. The molecule has 0 amide bonds. The summed E-state index contributed by atoms with van der Waals surface area (Å²) in [6.45, 7) is 6.40. The summed E-state index contributed by atoms with van der Waals surface area (Å²) in [6.07, 6.45) is 2.45. The van der Waals surface area contributed by atoms with E-state index in [9.17, 15) is 0 Å². The number of aromatic nitrogens is 1. The zero-order valence-corrected chi connectivity index (χ0v) is 9.67. The Morgan fingerprint density at radius 1 is 1.43 bits per heavy atom. The minimum atomic E-state index is 0.112. The number of halogens is 1. The van der Waals surface area contributed by atoms with E-state index in [1.165, 1.54) is 0 Å². The number of nitrogens with zero attached hydrogens (tertiary/aromatic N) is 1. The van der Waals surface area contributed by atoms with Gasteiger partial charge in [-0.05, 0) is 17.5 Å². The smallest absolute Gasteiger partial charge is 0.0589 e. The molecule has 1 aromatic rings.